The molecule has 0 amide bonds. The molecular weight excluding hydrogens is 284 g/mol. The summed E-state index contributed by atoms with van der Waals surface area (Å²) in [5.41, 5.74) is 6.95. The average molecular weight is 310 g/mol. The summed E-state index contributed by atoms with van der Waals surface area (Å²) in [5, 5.41) is 0. The lowest BCUT2D eigenvalue weighted by atomic mass is 9.96. The molecule has 4 nitrogen and oxygen atoms in total. The maximum Gasteiger partial charge on any atom is 0.180 e. The number of piperidine rings is 1. The third kappa shape index (κ3) is 3.58. The van der Waals surface area contributed by atoms with Crippen molar-refractivity contribution in [2.75, 3.05) is 17.2 Å². The smallest absolute Gasteiger partial charge is 0.180 e. The molecule has 2 rings (SSSR count). The van der Waals surface area contributed by atoms with Gasteiger partial charge in [0.15, 0.2) is 9.84 Å². The zero-order chi connectivity index (χ0) is 15.5. The predicted octanol–water partition coefficient (Wildman–Crippen LogP) is 2.58. The minimum absolute atomic E-state index is 0.0345. The monoisotopic (exact) mass is 310 g/mol. The largest absolute Gasteiger partial charge is 0.366 e. The first-order chi connectivity index (χ1) is 9.97. The second-order valence-electron chi connectivity index (χ2n) is 5.90. The average Bonchev–Trinajstić information content (AvgIpc) is 2.47. The number of anilines is 1. The van der Waals surface area contributed by atoms with Crippen molar-refractivity contribution < 1.29 is 8.42 Å². The number of para-hydroxylation sites is 1. The van der Waals surface area contributed by atoms with Gasteiger partial charge in [-0.1, -0.05) is 19.1 Å². The van der Waals surface area contributed by atoms with E-state index in [-0.39, 0.29) is 17.8 Å². The van der Waals surface area contributed by atoms with Gasteiger partial charge in [-0.2, -0.15) is 0 Å². The molecule has 0 spiro atoms. The molecule has 1 saturated heterocycles. The maximum atomic E-state index is 12.5. The van der Waals surface area contributed by atoms with Crippen LogP contribution in [0.1, 0.15) is 39.5 Å². The van der Waals surface area contributed by atoms with Gasteiger partial charge >= 0.3 is 0 Å². The lowest BCUT2D eigenvalue weighted by Gasteiger charge is -2.40. The zero-order valence-electron chi connectivity index (χ0n) is 13.0. The first-order valence-corrected chi connectivity index (χ1v) is 9.46. The maximum absolute atomic E-state index is 12.5. The molecule has 1 aromatic carbocycles. The first-order valence-electron chi connectivity index (χ1n) is 7.81. The third-order valence-electron chi connectivity index (χ3n) is 4.14. The van der Waals surface area contributed by atoms with Crippen LogP contribution < -0.4 is 10.6 Å². The van der Waals surface area contributed by atoms with Crippen molar-refractivity contribution >= 4 is 15.5 Å². The summed E-state index contributed by atoms with van der Waals surface area (Å²) in [7, 11) is -3.22. The Morgan fingerprint density at radius 3 is 2.71 bits per heavy atom. The van der Waals surface area contributed by atoms with Crippen LogP contribution in [0.4, 0.5) is 5.69 Å². The van der Waals surface area contributed by atoms with Crippen molar-refractivity contribution in [3.8, 4) is 0 Å². The van der Waals surface area contributed by atoms with Crippen molar-refractivity contribution in [1.29, 1.82) is 0 Å². The Bertz CT molecular complexity index is 569. The Kier molecular flexibility index (Phi) is 5.27. The highest BCUT2D eigenvalue weighted by Crippen LogP contribution is 2.32. The first kappa shape index (κ1) is 16.3. The van der Waals surface area contributed by atoms with Gasteiger partial charge in [-0.15, -0.1) is 0 Å². The molecule has 2 atom stereocenters. The fourth-order valence-corrected chi connectivity index (χ4v) is 4.69. The fraction of sp³-hybridized carbons (Fsp3) is 0.625. The van der Waals surface area contributed by atoms with Crippen LogP contribution in [0.2, 0.25) is 0 Å². The van der Waals surface area contributed by atoms with Gasteiger partial charge in [0.1, 0.15) is 0 Å². The van der Waals surface area contributed by atoms with Crippen molar-refractivity contribution in [2.45, 2.75) is 56.5 Å². The van der Waals surface area contributed by atoms with E-state index in [4.69, 9.17) is 5.73 Å². The molecule has 5 heteroatoms. The van der Waals surface area contributed by atoms with Crippen LogP contribution in [0.5, 0.6) is 0 Å². The van der Waals surface area contributed by atoms with E-state index in [9.17, 15) is 8.42 Å². The Hall–Kier alpha value is -1.07. The molecule has 0 bridgehead atoms. The van der Waals surface area contributed by atoms with E-state index in [0.29, 0.717) is 11.3 Å². The van der Waals surface area contributed by atoms with Crippen LogP contribution in [-0.2, 0) is 9.84 Å². The standard InChI is InChI=1S/C16H26N2O2S/c1-3-12-21(19,20)16-10-5-4-9-15(16)18-11-7-6-8-14(18)13(2)17/h4-5,9-10,13-14H,3,6-8,11-12,17H2,1-2H3. The molecule has 21 heavy (non-hydrogen) atoms. The molecule has 2 N–H and O–H groups in total. The molecule has 118 valence electrons. The van der Waals surface area contributed by atoms with Gasteiger partial charge in [0.25, 0.3) is 0 Å². The van der Waals surface area contributed by atoms with E-state index in [1.807, 2.05) is 26.0 Å². The van der Waals surface area contributed by atoms with Crippen LogP contribution in [0.3, 0.4) is 0 Å². The molecule has 0 aliphatic carbocycles. The lowest BCUT2D eigenvalue weighted by Crippen LogP contribution is -2.49. The van der Waals surface area contributed by atoms with E-state index in [0.717, 1.165) is 31.5 Å². The Morgan fingerprint density at radius 1 is 1.33 bits per heavy atom. The number of hydrogen-bond donors (Lipinski definition) is 1. The molecule has 1 heterocycles. The molecule has 1 aromatic rings. The Labute approximate surface area is 128 Å². The quantitative estimate of drug-likeness (QED) is 0.908. The minimum Gasteiger partial charge on any atom is -0.366 e. The van der Waals surface area contributed by atoms with Gasteiger partial charge in [0, 0.05) is 18.6 Å². The van der Waals surface area contributed by atoms with Crippen LogP contribution in [-0.4, -0.2) is 32.8 Å². The van der Waals surface area contributed by atoms with Crippen molar-refractivity contribution in [1.82, 2.24) is 0 Å². The van der Waals surface area contributed by atoms with Crippen molar-refractivity contribution in [2.24, 2.45) is 5.73 Å². The Balaban J connectivity index is 2.44. The second-order valence-corrected chi connectivity index (χ2v) is 7.98. The summed E-state index contributed by atoms with van der Waals surface area (Å²) in [4.78, 5) is 2.66. The van der Waals surface area contributed by atoms with Crippen LogP contribution in [0.25, 0.3) is 0 Å². The second kappa shape index (κ2) is 6.79. The van der Waals surface area contributed by atoms with Crippen molar-refractivity contribution in [3.63, 3.8) is 0 Å². The van der Waals surface area contributed by atoms with Gasteiger partial charge in [0.05, 0.1) is 16.3 Å². The highest BCUT2D eigenvalue weighted by atomic mass is 32.2. The minimum atomic E-state index is -3.22. The summed E-state index contributed by atoms with van der Waals surface area (Å²) < 4.78 is 25.0. The van der Waals surface area contributed by atoms with Gasteiger partial charge in [-0.05, 0) is 44.7 Å². The molecule has 1 aliphatic rings. The summed E-state index contributed by atoms with van der Waals surface area (Å²) in [6.45, 7) is 4.78. The van der Waals surface area contributed by atoms with Gasteiger partial charge < -0.3 is 10.6 Å². The molecule has 2 unspecified atom stereocenters. The number of hydrogen-bond acceptors (Lipinski definition) is 4. The van der Waals surface area contributed by atoms with Crippen LogP contribution in [0, 0.1) is 0 Å². The van der Waals surface area contributed by atoms with Crippen LogP contribution in [0.15, 0.2) is 29.2 Å². The van der Waals surface area contributed by atoms with Gasteiger partial charge in [-0.25, -0.2) is 8.42 Å². The summed E-state index contributed by atoms with van der Waals surface area (Å²) in [6, 6.07) is 7.62. The number of nitrogens with two attached hydrogens (primary N) is 1. The number of nitrogens with zero attached hydrogens (tertiary/aromatic N) is 1. The molecule has 0 aromatic heterocycles. The Morgan fingerprint density at radius 2 is 2.05 bits per heavy atom. The molecule has 1 aliphatic heterocycles. The van der Waals surface area contributed by atoms with Gasteiger partial charge in [0.2, 0.25) is 0 Å². The highest BCUT2D eigenvalue weighted by molar-refractivity contribution is 7.91. The molecular formula is C16H26N2O2S. The van der Waals surface area contributed by atoms with Crippen LogP contribution >= 0.6 is 0 Å². The zero-order valence-corrected chi connectivity index (χ0v) is 13.8. The van der Waals surface area contributed by atoms with Crippen molar-refractivity contribution in [3.05, 3.63) is 24.3 Å². The molecule has 0 radical (unpaired) electrons. The molecule has 0 saturated carbocycles. The topological polar surface area (TPSA) is 63.4 Å². The van der Waals surface area contributed by atoms with E-state index in [1.54, 1.807) is 12.1 Å². The van der Waals surface area contributed by atoms with E-state index < -0.39 is 9.84 Å². The number of rotatable bonds is 5. The normalized spacial score (nSPS) is 21.3. The third-order valence-corrected chi connectivity index (χ3v) is 6.10. The van der Waals surface area contributed by atoms with E-state index in [2.05, 4.69) is 4.90 Å². The lowest BCUT2D eigenvalue weighted by molar-refractivity contribution is 0.411. The van der Waals surface area contributed by atoms with E-state index >= 15 is 0 Å². The summed E-state index contributed by atoms with van der Waals surface area (Å²) in [6.07, 6.45) is 3.91. The molecule has 1 fully saturated rings. The summed E-state index contributed by atoms with van der Waals surface area (Å²) in [5.74, 6) is 0.195. The van der Waals surface area contributed by atoms with Gasteiger partial charge in [-0.3, -0.25) is 0 Å². The SMILES string of the molecule is CCCS(=O)(=O)c1ccccc1N1CCCCC1C(C)N. The predicted molar refractivity (Wildman–Crippen MR) is 87.4 cm³/mol. The number of sulfone groups is 1. The fourth-order valence-electron chi connectivity index (χ4n) is 3.14. The number of benzene rings is 1. The van der Waals surface area contributed by atoms with E-state index in [1.165, 1.54) is 0 Å². The highest BCUT2D eigenvalue weighted by Gasteiger charge is 2.29. The summed E-state index contributed by atoms with van der Waals surface area (Å²) >= 11 is 0.